The Hall–Kier alpha value is -2.48. The molecule has 0 radical (unpaired) electrons. The zero-order valence-electron chi connectivity index (χ0n) is 19.5. The molecular weight excluding hydrogens is 424 g/mol. The molecule has 0 atom stereocenters. The first-order chi connectivity index (χ1) is 15.2. The van der Waals surface area contributed by atoms with Crippen LogP contribution in [0.2, 0.25) is 0 Å². The molecule has 174 valence electrons. The highest BCUT2D eigenvalue weighted by Crippen LogP contribution is 2.26. The summed E-state index contributed by atoms with van der Waals surface area (Å²) in [6, 6.07) is 6.73. The zero-order valence-corrected chi connectivity index (χ0v) is 20.3. The summed E-state index contributed by atoms with van der Waals surface area (Å²) in [7, 11) is 2.00. The van der Waals surface area contributed by atoms with Gasteiger partial charge in [-0.15, -0.1) is 0 Å². The second-order valence-corrected chi connectivity index (χ2v) is 10.5. The number of ether oxygens (including phenoxy) is 1. The lowest BCUT2D eigenvalue weighted by molar-refractivity contribution is 0.0949. The molecule has 0 aliphatic carbocycles. The number of nitrogens with zero attached hydrogens (tertiary/aromatic N) is 3. The van der Waals surface area contributed by atoms with E-state index < -0.39 is 0 Å². The zero-order chi connectivity index (χ0) is 23.1. The quantitative estimate of drug-likeness (QED) is 0.614. The second-order valence-electron chi connectivity index (χ2n) is 9.52. The van der Waals surface area contributed by atoms with Crippen LogP contribution in [0.25, 0.3) is 0 Å². The third-order valence-corrected chi connectivity index (χ3v) is 6.87. The maximum absolute atomic E-state index is 12.5. The Labute approximate surface area is 194 Å². The van der Waals surface area contributed by atoms with E-state index in [1.54, 1.807) is 40.9 Å². The lowest BCUT2D eigenvalue weighted by Crippen LogP contribution is -2.40. The van der Waals surface area contributed by atoms with Gasteiger partial charge in [-0.25, -0.2) is 9.78 Å². The molecule has 1 saturated heterocycles. The van der Waals surface area contributed by atoms with Gasteiger partial charge in [-0.1, -0.05) is 32.5 Å². The molecule has 0 bridgehead atoms. The number of hydrogen-bond acceptors (Lipinski definition) is 5. The minimum atomic E-state index is -0.331. The van der Waals surface area contributed by atoms with Crippen LogP contribution in [0.15, 0.2) is 41.8 Å². The lowest BCUT2D eigenvalue weighted by atomic mass is 9.92. The van der Waals surface area contributed by atoms with Crippen molar-refractivity contribution in [2.24, 2.45) is 18.4 Å². The SMILES string of the molecule is Cn1ccnc1SCC1CCN(C(=O)Oc2ccc(C(=O)NCCC(C)(C)C)cc2)CC1. The number of thioether (sulfide) groups is 1. The fourth-order valence-corrected chi connectivity index (χ4v) is 4.58. The Morgan fingerprint density at radius 2 is 1.88 bits per heavy atom. The standard InChI is InChI=1S/C24H34N4O3S/c1-24(2,3)11-12-25-21(29)19-5-7-20(8-6-19)31-23(30)28-14-9-18(10-15-28)17-32-22-26-13-16-27(22)4/h5-8,13,16,18H,9-12,14-15,17H2,1-4H3,(H,25,29). The van der Waals surface area contributed by atoms with Gasteiger partial charge in [-0.05, 0) is 54.9 Å². The largest absolute Gasteiger partial charge is 0.415 e. The van der Waals surface area contributed by atoms with Crippen LogP contribution in [0.5, 0.6) is 5.75 Å². The highest BCUT2D eigenvalue weighted by molar-refractivity contribution is 7.99. The highest BCUT2D eigenvalue weighted by Gasteiger charge is 2.24. The number of aromatic nitrogens is 2. The van der Waals surface area contributed by atoms with Crippen LogP contribution in [-0.4, -0.2) is 51.8 Å². The maximum atomic E-state index is 12.5. The molecule has 1 aromatic carbocycles. The Kier molecular flexibility index (Phi) is 8.23. The molecule has 2 heterocycles. The number of hydrogen-bond donors (Lipinski definition) is 1. The summed E-state index contributed by atoms with van der Waals surface area (Å²) in [5.41, 5.74) is 0.738. The van der Waals surface area contributed by atoms with Crippen molar-refractivity contribution in [2.75, 3.05) is 25.4 Å². The summed E-state index contributed by atoms with van der Waals surface area (Å²) in [5, 5.41) is 3.96. The summed E-state index contributed by atoms with van der Waals surface area (Å²) < 4.78 is 7.55. The minimum Gasteiger partial charge on any atom is -0.410 e. The first kappa shape index (κ1) is 24.2. The third kappa shape index (κ3) is 7.29. The van der Waals surface area contributed by atoms with Crippen molar-refractivity contribution in [1.82, 2.24) is 19.8 Å². The van der Waals surface area contributed by atoms with Crippen LogP contribution in [0.3, 0.4) is 0 Å². The molecule has 7 nitrogen and oxygen atoms in total. The van der Waals surface area contributed by atoms with Crippen LogP contribution in [0.4, 0.5) is 4.79 Å². The van der Waals surface area contributed by atoms with Gasteiger partial charge in [0.25, 0.3) is 5.91 Å². The molecule has 2 amide bonds. The molecule has 1 aromatic heterocycles. The third-order valence-electron chi connectivity index (χ3n) is 5.58. The number of carbonyl (C=O) groups excluding carboxylic acids is 2. The molecule has 8 heteroatoms. The molecule has 1 aliphatic heterocycles. The molecule has 1 aliphatic rings. The summed E-state index contributed by atoms with van der Waals surface area (Å²) >= 11 is 1.77. The van der Waals surface area contributed by atoms with Gasteiger partial charge in [0.2, 0.25) is 0 Å². The number of likely N-dealkylation sites (tertiary alicyclic amines) is 1. The van der Waals surface area contributed by atoms with Crippen molar-refractivity contribution >= 4 is 23.8 Å². The van der Waals surface area contributed by atoms with Gasteiger partial charge in [-0.2, -0.15) is 0 Å². The highest BCUT2D eigenvalue weighted by atomic mass is 32.2. The van der Waals surface area contributed by atoms with Gasteiger partial charge in [0.05, 0.1) is 0 Å². The molecule has 2 aromatic rings. The predicted molar refractivity (Wildman–Crippen MR) is 127 cm³/mol. The summed E-state index contributed by atoms with van der Waals surface area (Å²) in [6.07, 6.45) is 6.26. The number of imidazole rings is 1. The fraction of sp³-hybridized carbons (Fsp3) is 0.542. The van der Waals surface area contributed by atoms with Crippen molar-refractivity contribution in [3.05, 3.63) is 42.2 Å². The molecule has 0 saturated carbocycles. The minimum absolute atomic E-state index is 0.113. The molecule has 32 heavy (non-hydrogen) atoms. The summed E-state index contributed by atoms with van der Waals surface area (Å²) in [6.45, 7) is 8.46. The molecule has 0 unspecified atom stereocenters. The fourth-order valence-electron chi connectivity index (χ4n) is 3.46. The van der Waals surface area contributed by atoms with Crippen molar-refractivity contribution in [2.45, 2.75) is 45.2 Å². The number of amides is 2. The normalized spacial score (nSPS) is 14.9. The van der Waals surface area contributed by atoms with E-state index in [1.807, 2.05) is 24.0 Å². The number of carbonyl (C=O) groups is 2. The van der Waals surface area contributed by atoms with Crippen LogP contribution in [0, 0.1) is 11.3 Å². The van der Waals surface area contributed by atoms with E-state index in [0.29, 0.717) is 36.9 Å². The van der Waals surface area contributed by atoms with E-state index in [1.165, 1.54) is 0 Å². The van der Waals surface area contributed by atoms with Crippen molar-refractivity contribution in [3.63, 3.8) is 0 Å². The molecule has 1 N–H and O–H groups in total. The molecule has 1 fully saturated rings. The Morgan fingerprint density at radius 3 is 2.47 bits per heavy atom. The average molecular weight is 459 g/mol. The number of nitrogens with one attached hydrogen (secondary N) is 1. The molecular formula is C24H34N4O3S. The number of aryl methyl sites for hydroxylation is 1. The average Bonchev–Trinajstić information content (AvgIpc) is 3.17. The Bertz CT molecular complexity index is 897. The van der Waals surface area contributed by atoms with Crippen molar-refractivity contribution in [3.8, 4) is 5.75 Å². The Morgan fingerprint density at radius 1 is 1.19 bits per heavy atom. The summed E-state index contributed by atoms with van der Waals surface area (Å²) in [5.74, 6) is 1.91. The van der Waals surface area contributed by atoms with E-state index >= 15 is 0 Å². The van der Waals surface area contributed by atoms with E-state index in [2.05, 4.69) is 31.1 Å². The van der Waals surface area contributed by atoms with Gasteiger partial charge in [-0.3, -0.25) is 4.79 Å². The second kappa shape index (κ2) is 10.9. The van der Waals surface area contributed by atoms with Crippen LogP contribution in [-0.2, 0) is 7.05 Å². The maximum Gasteiger partial charge on any atom is 0.415 e. The molecule has 3 rings (SSSR count). The number of piperidine rings is 1. The van der Waals surface area contributed by atoms with E-state index in [4.69, 9.17) is 4.74 Å². The summed E-state index contributed by atoms with van der Waals surface area (Å²) in [4.78, 5) is 30.9. The van der Waals surface area contributed by atoms with Gasteiger partial charge >= 0.3 is 6.09 Å². The van der Waals surface area contributed by atoms with Crippen LogP contribution < -0.4 is 10.1 Å². The molecule has 0 spiro atoms. The van der Waals surface area contributed by atoms with E-state index in [9.17, 15) is 9.59 Å². The smallest absolute Gasteiger partial charge is 0.410 e. The lowest BCUT2D eigenvalue weighted by Gasteiger charge is -2.31. The van der Waals surface area contributed by atoms with Gasteiger partial charge in [0.1, 0.15) is 5.75 Å². The topological polar surface area (TPSA) is 76.5 Å². The van der Waals surface area contributed by atoms with Gasteiger partial charge in [0.15, 0.2) is 5.16 Å². The van der Waals surface area contributed by atoms with Gasteiger partial charge in [0, 0.05) is 50.4 Å². The first-order valence-corrected chi connectivity index (χ1v) is 12.1. The van der Waals surface area contributed by atoms with Crippen LogP contribution in [0.1, 0.15) is 50.4 Å². The van der Waals surface area contributed by atoms with E-state index in [-0.39, 0.29) is 17.4 Å². The van der Waals surface area contributed by atoms with Gasteiger partial charge < -0.3 is 19.5 Å². The first-order valence-electron chi connectivity index (χ1n) is 11.2. The monoisotopic (exact) mass is 458 g/mol. The van der Waals surface area contributed by atoms with Crippen molar-refractivity contribution in [1.29, 1.82) is 0 Å². The van der Waals surface area contributed by atoms with Crippen LogP contribution >= 0.6 is 11.8 Å². The van der Waals surface area contributed by atoms with E-state index in [0.717, 1.165) is 30.2 Å². The Balaban J connectivity index is 1.40. The number of rotatable bonds is 7. The number of benzene rings is 1. The van der Waals surface area contributed by atoms with Crippen molar-refractivity contribution < 1.29 is 14.3 Å². The predicted octanol–water partition coefficient (Wildman–Crippen LogP) is 4.59.